The number of nitrogens with one attached hydrogen (secondary N) is 1. The van der Waals surface area contributed by atoms with Crippen LogP contribution in [0.1, 0.15) is 64.7 Å². The van der Waals surface area contributed by atoms with Gasteiger partial charge in [-0.25, -0.2) is 0 Å². The van der Waals surface area contributed by atoms with E-state index in [0.717, 1.165) is 0 Å². The smallest absolute Gasteiger partial charge is 0.0178 e. The SMILES string of the molecule is CCCCCCC1(NC)CCCC1. The lowest BCUT2D eigenvalue weighted by atomic mass is 9.90. The van der Waals surface area contributed by atoms with Gasteiger partial charge in [0.15, 0.2) is 0 Å². The molecule has 0 bridgehead atoms. The molecule has 1 saturated carbocycles. The van der Waals surface area contributed by atoms with Crippen LogP contribution in [0.4, 0.5) is 0 Å². The summed E-state index contributed by atoms with van der Waals surface area (Å²) in [6.45, 7) is 2.28. The molecule has 1 fully saturated rings. The van der Waals surface area contributed by atoms with E-state index in [1.807, 2.05) is 0 Å². The van der Waals surface area contributed by atoms with E-state index in [2.05, 4.69) is 19.3 Å². The van der Waals surface area contributed by atoms with Crippen LogP contribution in [0.5, 0.6) is 0 Å². The molecular formula is C12H25N. The Balaban J connectivity index is 2.16. The Morgan fingerprint density at radius 2 is 1.77 bits per heavy atom. The Hall–Kier alpha value is -0.0400. The predicted molar refractivity (Wildman–Crippen MR) is 59.0 cm³/mol. The highest BCUT2D eigenvalue weighted by atomic mass is 14.9. The van der Waals surface area contributed by atoms with Crippen molar-refractivity contribution >= 4 is 0 Å². The van der Waals surface area contributed by atoms with Crippen LogP contribution in [0.25, 0.3) is 0 Å². The first-order chi connectivity index (χ1) is 6.33. The molecule has 13 heavy (non-hydrogen) atoms. The van der Waals surface area contributed by atoms with Crippen molar-refractivity contribution in [1.82, 2.24) is 5.32 Å². The molecule has 0 atom stereocenters. The zero-order chi connectivity index (χ0) is 9.57. The van der Waals surface area contributed by atoms with Gasteiger partial charge in [0, 0.05) is 5.54 Å². The van der Waals surface area contributed by atoms with Crippen LogP contribution in [-0.2, 0) is 0 Å². The summed E-state index contributed by atoms with van der Waals surface area (Å²) >= 11 is 0. The van der Waals surface area contributed by atoms with Crippen LogP contribution >= 0.6 is 0 Å². The molecule has 0 saturated heterocycles. The lowest BCUT2D eigenvalue weighted by Crippen LogP contribution is -2.39. The van der Waals surface area contributed by atoms with Gasteiger partial charge < -0.3 is 5.32 Å². The molecule has 0 amide bonds. The second-order valence-electron chi connectivity index (χ2n) is 4.55. The number of rotatable bonds is 6. The van der Waals surface area contributed by atoms with Crippen LogP contribution in [0.15, 0.2) is 0 Å². The summed E-state index contributed by atoms with van der Waals surface area (Å²) in [5.41, 5.74) is 0.535. The van der Waals surface area contributed by atoms with Gasteiger partial charge in [-0.2, -0.15) is 0 Å². The van der Waals surface area contributed by atoms with Crippen LogP contribution < -0.4 is 5.32 Å². The molecule has 0 heterocycles. The predicted octanol–water partition coefficient (Wildman–Crippen LogP) is 3.49. The summed E-state index contributed by atoms with van der Waals surface area (Å²) in [6.07, 6.45) is 12.7. The Labute approximate surface area is 83.3 Å². The van der Waals surface area contributed by atoms with Crippen molar-refractivity contribution in [2.75, 3.05) is 7.05 Å². The fourth-order valence-corrected chi connectivity index (χ4v) is 2.57. The molecule has 78 valence electrons. The summed E-state index contributed by atoms with van der Waals surface area (Å²) in [6, 6.07) is 0. The van der Waals surface area contributed by atoms with Crippen molar-refractivity contribution in [3.05, 3.63) is 0 Å². The maximum Gasteiger partial charge on any atom is 0.0178 e. The van der Waals surface area contributed by atoms with Crippen molar-refractivity contribution in [2.24, 2.45) is 0 Å². The van der Waals surface area contributed by atoms with Crippen molar-refractivity contribution in [1.29, 1.82) is 0 Å². The second-order valence-corrected chi connectivity index (χ2v) is 4.55. The zero-order valence-corrected chi connectivity index (χ0v) is 9.36. The third kappa shape index (κ3) is 3.30. The normalized spacial score (nSPS) is 20.8. The van der Waals surface area contributed by atoms with Gasteiger partial charge in [0.2, 0.25) is 0 Å². The summed E-state index contributed by atoms with van der Waals surface area (Å²) in [5.74, 6) is 0. The van der Waals surface area contributed by atoms with E-state index >= 15 is 0 Å². The van der Waals surface area contributed by atoms with Crippen LogP contribution in [-0.4, -0.2) is 12.6 Å². The van der Waals surface area contributed by atoms with Crippen molar-refractivity contribution in [3.8, 4) is 0 Å². The molecule has 0 aromatic carbocycles. The van der Waals surface area contributed by atoms with E-state index in [1.165, 1.54) is 57.8 Å². The lowest BCUT2D eigenvalue weighted by molar-refractivity contribution is 0.320. The number of hydrogen-bond acceptors (Lipinski definition) is 1. The van der Waals surface area contributed by atoms with Gasteiger partial charge in [-0.05, 0) is 26.3 Å². The van der Waals surface area contributed by atoms with E-state index in [9.17, 15) is 0 Å². The third-order valence-electron chi connectivity index (χ3n) is 3.60. The molecule has 1 nitrogen and oxygen atoms in total. The first kappa shape index (κ1) is 11.0. The van der Waals surface area contributed by atoms with E-state index < -0.39 is 0 Å². The summed E-state index contributed by atoms with van der Waals surface area (Å²) in [4.78, 5) is 0. The van der Waals surface area contributed by atoms with E-state index in [-0.39, 0.29) is 0 Å². The quantitative estimate of drug-likeness (QED) is 0.622. The summed E-state index contributed by atoms with van der Waals surface area (Å²) < 4.78 is 0. The Kier molecular flexibility index (Phi) is 4.79. The number of unbranched alkanes of at least 4 members (excludes halogenated alkanes) is 3. The molecule has 0 spiro atoms. The topological polar surface area (TPSA) is 12.0 Å². The molecule has 0 aromatic heterocycles. The van der Waals surface area contributed by atoms with Gasteiger partial charge in [0.25, 0.3) is 0 Å². The van der Waals surface area contributed by atoms with E-state index in [0.29, 0.717) is 5.54 Å². The second kappa shape index (κ2) is 5.64. The van der Waals surface area contributed by atoms with Crippen molar-refractivity contribution in [2.45, 2.75) is 70.3 Å². The van der Waals surface area contributed by atoms with Gasteiger partial charge in [-0.1, -0.05) is 45.4 Å². The molecule has 1 aliphatic rings. The van der Waals surface area contributed by atoms with Gasteiger partial charge in [0.1, 0.15) is 0 Å². The maximum absolute atomic E-state index is 3.55. The molecule has 0 unspecified atom stereocenters. The van der Waals surface area contributed by atoms with E-state index in [4.69, 9.17) is 0 Å². The zero-order valence-electron chi connectivity index (χ0n) is 9.36. The standard InChI is InChI=1S/C12H25N/c1-3-4-5-6-9-12(13-2)10-7-8-11-12/h13H,3-11H2,1-2H3. The highest BCUT2D eigenvalue weighted by Crippen LogP contribution is 2.33. The van der Waals surface area contributed by atoms with Gasteiger partial charge in [0.05, 0.1) is 0 Å². The van der Waals surface area contributed by atoms with Crippen LogP contribution in [0.2, 0.25) is 0 Å². The average Bonchev–Trinajstić information content (AvgIpc) is 2.62. The Morgan fingerprint density at radius 1 is 1.08 bits per heavy atom. The fourth-order valence-electron chi connectivity index (χ4n) is 2.57. The monoisotopic (exact) mass is 183 g/mol. The first-order valence-corrected chi connectivity index (χ1v) is 6.02. The highest BCUT2D eigenvalue weighted by molar-refractivity contribution is 4.91. The van der Waals surface area contributed by atoms with Crippen LogP contribution in [0, 0.1) is 0 Å². The fraction of sp³-hybridized carbons (Fsp3) is 1.00. The lowest BCUT2D eigenvalue weighted by Gasteiger charge is -2.28. The third-order valence-corrected chi connectivity index (χ3v) is 3.60. The van der Waals surface area contributed by atoms with Gasteiger partial charge >= 0.3 is 0 Å². The molecular weight excluding hydrogens is 158 g/mol. The van der Waals surface area contributed by atoms with Gasteiger partial charge in [-0.3, -0.25) is 0 Å². The Morgan fingerprint density at radius 3 is 2.31 bits per heavy atom. The molecule has 1 heteroatoms. The minimum Gasteiger partial charge on any atom is -0.314 e. The van der Waals surface area contributed by atoms with Crippen molar-refractivity contribution in [3.63, 3.8) is 0 Å². The largest absolute Gasteiger partial charge is 0.314 e. The summed E-state index contributed by atoms with van der Waals surface area (Å²) in [7, 11) is 2.14. The first-order valence-electron chi connectivity index (χ1n) is 6.02. The number of hydrogen-bond donors (Lipinski definition) is 1. The molecule has 0 radical (unpaired) electrons. The molecule has 1 rings (SSSR count). The maximum atomic E-state index is 3.55. The molecule has 0 aliphatic heterocycles. The highest BCUT2D eigenvalue weighted by Gasteiger charge is 2.30. The average molecular weight is 183 g/mol. The molecule has 1 aliphatic carbocycles. The van der Waals surface area contributed by atoms with Gasteiger partial charge in [-0.15, -0.1) is 0 Å². The molecule has 0 aromatic rings. The van der Waals surface area contributed by atoms with E-state index in [1.54, 1.807) is 0 Å². The van der Waals surface area contributed by atoms with Crippen molar-refractivity contribution < 1.29 is 0 Å². The van der Waals surface area contributed by atoms with Crippen LogP contribution in [0.3, 0.4) is 0 Å². The minimum absolute atomic E-state index is 0.535. The minimum atomic E-state index is 0.535. The summed E-state index contributed by atoms with van der Waals surface area (Å²) in [5, 5.41) is 3.55. The molecule has 1 N–H and O–H groups in total. The Bertz CT molecular complexity index is 125.